The molecule has 3 aromatic carbocycles. The van der Waals surface area contributed by atoms with E-state index < -0.39 is 0 Å². The van der Waals surface area contributed by atoms with Gasteiger partial charge in [-0.3, -0.25) is 0 Å². The van der Waals surface area contributed by atoms with E-state index in [1.165, 1.54) is 11.1 Å². The normalized spacial score (nSPS) is 12.1. The van der Waals surface area contributed by atoms with Gasteiger partial charge in [0.25, 0.3) is 0 Å². The summed E-state index contributed by atoms with van der Waals surface area (Å²) in [5, 5.41) is 3.60. The van der Waals surface area contributed by atoms with Crippen LogP contribution in [0.1, 0.15) is 30.4 Å². The monoisotopic (exact) mass is 345 g/mol. The van der Waals surface area contributed by atoms with Crippen LogP contribution in [0.15, 0.2) is 91.0 Å². The van der Waals surface area contributed by atoms with Gasteiger partial charge in [0.2, 0.25) is 0 Å². The molecule has 0 aromatic heterocycles. The summed E-state index contributed by atoms with van der Waals surface area (Å²) in [7, 11) is 0. The molecule has 0 radical (unpaired) electrons. The van der Waals surface area contributed by atoms with Crippen LogP contribution >= 0.6 is 0 Å². The Morgan fingerprint density at radius 2 is 1.23 bits per heavy atom. The largest absolute Gasteiger partial charge is 0.492 e. The van der Waals surface area contributed by atoms with E-state index in [4.69, 9.17) is 4.74 Å². The summed E-state index contributed by atoms with van der Waals surface area (Å²) in [5.74, 6) is 1.33. The highest BCUT2D eigenvalue weighted by molar-refractivity contribution is 5.32. The third kappa shape index (κ3) is 5.47. The Bertz CT molecular complexity index is 703. The number of ether oxygens (including phenoxy) is 1. The molecule has 0 aliphatic carbocycles. The molecule has 0 bridgehead atoms. The second-order valence-electron chi connectivity index (χ2n) is 6.64. The van der Waals surface area contributed by atoms with Crippen molar-refractivity contribution in [3.63, 3.8) is 0 Å². The summed E-state index contributed by atoms with van der Waals surface area (Å²) < 4.78 is 5.83. The molecule has 0 saturated carbocycles. The average molecular weight is 345 g/mol. The zero-order valence-electron chi connectivity index (χ0n) is 15.3. The molecule has 3 rings (SSSR count). The Morgan fingerprint density at radius 1 is 0.731 bits per heavy atom. The molecule has 2 nitrogen and oxygen atoms in total. The first-order valence-electron chi connectivity index (χ1n) is 9.34. The van der Waals surface area contributed by atoms with Gasteiger partial charge in [-0.25, -0.2) is 0 Å². The molecular formula is C24H27NO. The van der Waals surface area contributed by atoms with Gasteiger partial charge < -0.3 is 10.1 Å². The van der Waals surface area contributed by atoms with Gasteiger partial charge in [-0.15, -0.1) is 0 Å². The van der Waals surface area contributed by atoms with Crippen LogP contribution in [-0.2, 0) is 0 Å². The van der Waals surface area contributed by atoms with E-state index in [0.29, 0.717) is 18.6 Å². The van der Waals surface area contributed by atoms with Crippen molar-refractivity contribution in [1.29, 1.82) is 0 Å². The SMILES string of the molecule is C[C@H](COc1ccccc1)NCCC(c1ccccc1)c1ccccc1. The summed E-state index contributed by atoms with van der Waals surface area (Å²) in [6, 6.07) is 31.8. The lowest BCUT2D eigenvalue weighted by molar-refractivity contribution is 0.272. The molecular weight excluding hydrogens is 318 g/mol. The van der Waals surface area contributed by atoms with E-state index in [-0.39, 0.29) is 0 Å². The standard InChI is InChI=1S/C24H27NO/c1-20(19-26-23-15-9-4-10-16-23)25-18-17-24(21-11-5-2-6-12-21)22-13-7-3-8-14-22/h2-16,20,24-25H,17-19H2,1H3/t20-/m1/s1. The third-order valence-electron chi connectivity index (χ3n) is 4.57. The molecule has 0 spiro atoms. The molecule has 134 valence electrons. The zero-order valence-corrected chi connectivity index (χ0v) is 15.3. The van der Waals surface area contributed by atoms with Crippen LogP contribution < -0.4 is 10.1 Å². The Hall–Kier alpha value is -2.58. The van der Waals surface area contributed by atoms with E-state index >= 15 is 0 Å². The van der Waals surface area contributed by atoms with Crippen LogP contribution in [0.5, 0.6) is 5.75 Å². The highest BCUT2D eigenvalue weighted by atomic mass is 16.5. The molecule has 0 saturated heterocycles. The minimum atomic E-state index is 0.308. The molecule has 26 heavy (non-hydrogen) atoms. The molecule has 0 unspecified atom stereocenters. The van der Waals surface area contributed by atoms with Crippen LogP contribution in [0.2, 0.25) is 0 Å². The summed E-state index contributed by atoms with van der Waals surface area (Å²) in [6.07, 6.45) is 1.06. The number of benzene rings is 3. The van der Waals surface area contributed by atoms with Gasteiger partial charge >= 0.3 is 0 Å². The maximum absolute atomic E-state index is 5.83. The minimum absolute atomic E-state index is 0.308. The highest BCUT2D eigenvalue weighted by Gasteiger charge is 2.14. The fourth-order valence-electron chi connectivity index (χ4n) is 3.17. The molecule has 0 fully saturated rings. The summed E-state index contributed by atoms with van der Waals surface area (Å²) in [4.78, 5) is 0. The smallest absolute Gasteiger partial charge is 0.119 e. The van der Waals surface area contributed by atoms with Crippen LogP contribution in [0, 0.1) is 0 Å². The van der Waals surface area contributed by atoms with E-state index in [1.807, 2.05) is 30.3 Å². The molecule has 0 aliphatic rings. The van der Waals surface area contributed by atoms with Gasteiger partial charge in [0.1, 0.15) is 12.4 Å². The Morgan fingerprint density at radius 3 is 1.77 bits per heavy atom. The van der Waals surface area contributed by atoms with Gasteiger partial charge in [0.15, 0.2) is 0 Å². The predicted octanol–water partition coefficient (Wildman–Crippen LogP) is 5.27. The van der Waals surface area contributed by atoms with Gasteiger partial charge in [0.05, 0.1) is 0 Å². The summed E-state index contributed by atoms with van der Waals surface area (Å²) in [5.41, 5.74) is 2.74. The highest BCUT2D eigenvalue weighted by Crippen LogP contribution is 2.27. The van der Waals surface area contributed by atoms with E-state index in [9.17, 15) is 0 Å². The number of hydrogen-bond donors (Lipinski definition) is 1. The second-order valence-corrected chi connectivity index (χ2v) is 6.64. The minimum Gasteiger partial charge on any atom is -0.492 e. The van der Waals surface area contributed by atoms with E-state index in [2.05, 4.69) is 72.9 Å². The second kappa shape index (κ2) is 9.79. The van der Waals surface area contributed by atoms with E-state index in [0.717, 1.165) is 18.7 Å². The number of rotatable bonds is 9. The fraction of sp³-hybridized carbons (Fsp3) is 0.250. The molecule has 2 heteroatoms. The topological polar surface area (TPSA) is 21.3 Å². The van der Waals surface area contributed by atoms with Gasteiger partial charge in [-0.2, -0.15) is 0 Å². The first-order chi connectivity index (χ1) is 12.8. The average Bonchev–Trinajstić information content (AvgIpc) is 2.72. The Labute approximate surface area is 156 Å². The van der Waals surface area contributed by atoms with Crippen molar-refractivity contribution in [3.05, 3.63) is 102 Å². The summed E-state index contributed by atoms with van der Waals surface area (Å²) >= 11 is 0. The lowest BCUT2D eigenvalue weighted by atomic mass is 9.88. The predicted molar refractivity (Wildman–Crippen MR) is 109 cm³/mol. The first-order valence-corrected chi connectivity index (χ1v) is 9.34. The van der Waals surface area contributed by atoms with Crippen molar-refractivity contribution in [1.82, 2.24) is 5.32 Å². The molecule has 0 amide bonds. The Kier molecular flexibility index (Phi) is 6.86. The lowest BCUT2D eigenvalue weighted by Crippen LogP contribution is -2.33. The van der Waals surface area contributed by atoms with Crippen LogP contribution in [0.3, 0.4) is 0 Å². The zero-order chi connectivity index (χ0) is 18.0. The van der Waals surface area contributed by atoms with Crippen LogP contribution in [-0.4, -0.2) is 19.2 Å². The van der Waals surface area contributed by atoms with Crippen molar-refractivity contribution in [2.75, 3.05) is 13.2 Å². The molecule has 3 aromatic rings. The lowest BCUT2D eigenvalue weighted by Gasteiger charge is -2.20. The molecule has 0 aliphatic heterocycles. The maximum Gasteiger partial charge on any atom is 0.119 e. The van der Waals surface area contributed by atoms with Crippen molar-refractivity contribution in [3.8, 4) is 5.75 Å². The number of hydrogen-bond acceptors (Lipinski definition) is 2. The third-order valence-corrected chi connectivity index (χ3v) is 4.57. The number of nitrogens with one attached hydrogen (secondary N) is 1. The van der Waals surface area contributed by atoms with Crippen molar-refractivity contribution in [2.24, 2.45) is 0 Å². The van der Waals surface area contributed by atoms with Crippen molar-refractivity contribution in [2.45, 2.75) is 25.3 Å². The molecule has 1 atom stereocenters. The van der Waals surface area contributed by atoms with Gasteiger partial charge in [-0.1, -0.05) is 78.9 Å². The molecule has 1 N–H and O–H groups in total. The first kappa shape index (κ1) is 18.2. The van der Waals surface area contributed by atoms with Crippen molar-refractivity contribution >= 4 is 0 Å². The quantitative estimate of drug-likeness (QED) is 0.571. The van der Waals surface area contributed by atoms with E-state index in [1.54, 1.807) is 0 Å². The van der Waals surface area contributed by atoms with Gasteiger partial charge in [0, 0.05) is 12.0 Å². The van der Waals surface area contributed by atoms with Crippen molar-refractivity contribution < 1.29 is 4.74 Å². The fourth-order valence-corrected chi connectivity index (χ4v) is 3.17. The Balaban J connectivity index is 1.53. The molecule has 0 heterocycles. The summed E-state index contributed by atoms with van der Waals surface area (Å²) in [6.45, 7) is 3.79. The van der Waals surface area contributed by atoms with Crippen LogP contribution in [0.25, 0.3) is 0 Å². The maximum atomic E-state index is 5.83. The van der Waals surface area contributed by atoms with Gasteiger partial charge in [-0.05, 0) is 43.1 Å². The van der Waals surface area contributed by atoms with Crippen LogP contribution in [0.4, 0.5) is 0 Å². The number of para-hydroxylation sites is 1.